The minimum absolute atomic E-state index is 0.103. The molecule has 47 heavy (non-hydrogen) atoms. The predicted octanol–water partition coefficient (Wildman–Crippen LogP) is 9.24. The maximum absolute atomic E-state index is 11.9. The van der Waals surface area contributed by atoms with Gasteiger partial charge in [-0.25, -0.2) is 0 Å². The normalized spacial score (nSPS) is 12.6. The van der Waals surface area contributed by atoms with Gasteiger partial charge >= 0.3 is 11.9 Å². The number of unbranched alkanes of at least 4 members (excludes halogenated alkanes) is 8. The van der Waals surface area contributed by atoms with E-state index in [0.29, 0.717) is 29.7 Å². The van der Waals surface area contributed by atoms with Gasteiger partial charge in [-0.3, -0.25) is 9.59 Å². The fourth-order valence-corrected chi connectivity index (χ4v) is 5.65. The zero-order chi connectivity index (χ0) is 33.9. The van der Waals surface area contributed by atoms with Gasteiger partial charge in [0, 0.05) is 53.6 Å². The van der Waals surface area contributed by atoms with Crippen LogP contribution in [0.15, 0.2) is 42.5 Å². The van der Waals surface area contributed by atoms with Crippen LogP contribution in [0.5, 0.6) is 11.5 Å². The summed E-state index contributed by atoms with van der Waals surface area (Å²) in [6.45, 7) is 9.07. The lowest BCUT2D eigenvalue weighted by Crippen LogP contribution is -2.29. The van der Waals surface area contributed by atoms with Crippen LogP contribution in [0.25, 0.3) is 21.5 Å². The Balaban J connectivity index is 1.79. The molecule has 0 fully saturated rings. The second-order valence-corrected chi connectivity index (χ2v) is 12.4. The number of hydrogen-bond acceptors (Lipinski definition) is 8. The Bertz CT molecular complexity index is 1380. The maximum Gasteiger partial charge on any atom is 0.303 e. The first-order valence-electron chi connectivity index (χ1n) is 17.2. The zero-order valence-corrected chi connectivity index (χ0v) is 29.4. The van der Waals surface area contributed by atoms with E-state index in [4.69, 9.17) is 40.0 Å². The van der Waals surface area contributed by atoms with Gasteiger partial charge in [0.2, 0.25) is 0 Å². The van der Waals surface area contributed by atoms with Gasteiger partial charge < -0.3 is 28.4 Å². The van der Waals surface area contributed by atoms with E-state index in [1.54, 1.807) is 6.07 Å². The summed E-state index contributed by atoms with van der Waals surface area (Å²) in [4.78, 5) is 23.8. The topological polar surface area (TPSA) is 89.5 Å². The first-order valence-corrected chi connectivity index (χ1v) is 17.6. The van der Waals surface area contributed by atoms with Crippen LogP contribution >= 0.6 is 11.6 Å². The molecule has 0 aromatic heterocycles. The highest BCUT2D eigenvalue weighted by atomic mass is 35.5. The molecule has 8 nitrogen and oxygen atoms in total. The van der Waals surface area contributed by atoms with Crippen LogP contribution in [0, 0.1) is 0 Å². The molecule has 3 aromatic carbocycles. The molecule has 0 heterocycles. The molecule has 0 aliphatic heterocycles. The highest BCUT2D eigenvalue weighted by molar-refractivity contribution is 6.31. The van der Waals surface area contributed by atoms with Crippen LogP contribution in [0.1, 0.15) is 91.9 Å². The number of fused-ring (bicyclic) bond motifs is 2. The molecule has 0 aliphatic carbocycles. The molecule has 2 atom stereocenters. The van der Waals surface area contributed by atoms with Crippen molar-refractivity contribution in [2.45, 2.75) is 104 Å². The van der Waals surface area contributed by atoms with Crippen molar-refractivity contribution in [2.75, 3.05) is 39.6 Å². The molecule has 0 saturated heterocycles. The molecule has 0 aliphatic rings. The second kappa shape index (κ2) is 21.7. The summed E-state index contributed by atoms with van der Waals surface area (Å²) in [7, 11) is 0. The molecular formula is C38H53ClO8. The van der Waals surface area contributed by atoms with Crippen molar-refractivity contribution in [3.8, 4) is 11.5 Å². The average Bonchev–Trinajstić information content (AvgIpc) is 3.04. The Morgan fingerprint density at radius 2 is 1.04 bits per heavy atom. The molecule has 3 rings (SSSR count). The minimum atomic E-state index is -0.580. The van der Waals surface area contributed by atoms with Crippen molar-refractivity contribution in [2.24, 2.45) is 0 Å². The van der Waals surface area contributed by atoms with Crippen LogP contribution < -0.4 is 9.47 Å². The number of carbonyl (C=O) groups excluding carboxylic acids is 2. The summed E-state index contributed by atoms with van der Waals surface area (Å²) in [6.07, 6.45) is 10.2. The Morgan fingerprint density at radius 3 is 1.51 bits per heavy atom. The highest BCUT2D eigenvalue weighted by Gasteiger charge is 2.21. The summed E-state index contributed by atoms with van der Waals surface area (Å²) >= 11 is 6.49. The number of rotatable bonds is 24. The smallest absolute Gasteiger partial charge is 0.303 e. The van der Waals surface area contributed by atoms with Crippen molar-refractivity contribution in [3.05, 3.63) is 47.5 Å². The minimum Gasteiger partial charge on any atom is -0.488 e. The Labute approximate surface area is 285 Å². The summed E-state index contributed by atoms with van der Waals surface area (Å²) in [5.41, 5.74) is 0. The molecule has 3 aromatic rings. The van der Waals surface area contributed by atoms with Crippen LogP contribution in [0.3, 0.4) is 0 Å². The Morgan fingerprint density at radius 1 is 0.596 bits per heavy atom. The number of benzene rings is 3. The fraction of sp³-hybridized carbons (Fsp3) is 0.579. The van der Waals surface area contributed by atoms with Crippen molar-refractivity contribution in [3.63, 3.8) is 0 Å². The number of halogens is 1. The fourth-order valence-electron chi connectivity index (χ4n) is 5.48. The Kier molecular flexibility index (Phi) is 17.7. The second-order valence-electron chi connectivity index (χ2n) is 12.0. The van der Waals surface area contributed by atoms with E-state index in [0.717, 1.165) is 47.2 Å². The first-order chi connectivity index (χ1) is 22.8. The molecule has 260 valence electrons. The quantitative estimate of drug-likeness (QED) is 0.0529. The van der Waals surface area contributed by atoms with Gasteiger partial charge in [0.05, 0.1) is 13.2 Å². The van der Waals surface area contributed by atoms with Gasteiger partial charge in [0.25, 0.3) is 0 Å². The molecule has 0 amide bonds. The average molecular weight is 673 g/mol. The first kappa shape index (κ1) is 38.4. The number of hydrogen-bond donors (Lipinski definition) is 0. The molecule has 0 spiro atoms. The van der Waals surface area contributed by atoms with E-state index in [-0.39, 0.29) is 26.4 Å². The van der Waals surface area contributed by atoms with E-state index < -0.39 is 24.1 Å². The molecule has 0 N–H and O–H groups in total. The molecule has 0 bridgehead atoms. The summed E-state index contributed by atoms with van der Waals surface area (Å²) in [5.74, 6) is 0.442. The van der Waals surface area contributed by atoms with Crippen LogP contribution in [0.2, 0.25) is 5.02 Å². The monoisotopic (exact) mass is 672 g/mol. The lowest BCUT2D eigenvalue weighted by Gasteiger charge is -2.22. The van der Waals surface area contributed by atoms with E-state index in [1.165, 1.54) is 52.4 Å². The van der Waals surface area contributed by atoms with Gasteiger partial charge in [-0.05, 0) is 31.0 Å². The van der Waals surface area contributed by atoms with E-state index >= 15 is 0 Å². The predicted molar refractivity (Wildman–Crippen MR) is 188 cm³/mol. The van der Waals surface area contributed by atoms with Gasteiger partial charge in [-0.2, -0.15) is 0 Å². The van der Waals surface area contributed by atoms with Gasteiger partial charge in [-0.15, -0.1) is 0 Å². The van der Waals surface area contributed by atoms with Gasteiger partial charge in [0.1, 0.15) is 24.7 Å². The van der Waals surface area contributed by atoms with Gasteiger partial charge in [0.15, 0.2) is 12.2 Å². The van der Waals surface area contributed by atoms with E-state index in [2.05, 4.69) is 13.8 Å². The third-order valence-corrected chi connectivity index (χ3v) is 8.01. The third-order valence-electron chi connectivity index (χ3n) is 7.77. The number of ether oxygens (including phenoxy) is 6. The molecule has 9 heteroatoms. The lowest BCUT2D eigenvalue weighted by molar-refractivity contribution is -0.152. The van der Waals surface area contributed by atoms with Crippen molar-refractivity contribution < 1.29 is 38.0 Å². The van der Waals surface area contributed by atoms with Crippen molar-refractivity contribution >= 4 is 45.1 Å². The van der Waals surface area contributed by atoms with Gasteiger partial charge in [-0.1, -0.05) is 101 Å². The van der Waals surface area contributed by atoms with Crippen LogP contribution in [0.4, 0.5) is 0 Å². The number of esters is 2. The van der Waals surface area contributed by atoms with Crippen LogP contribution in [-0.2, 0) is 28.5 Å². The molecule has 0 saturated carbocycles. The summed E-state index contributed by atoms with van der Waals surface area (Å²) < 4.78 is 35.7. The standard InChI is InChI=1S/C38H53ClO8/c1-5-7-9-11-15-21-42-24-31(46-28(3)40)26-44-37-33-17-13-14-18-34(33)38(36-23-30(39)19-20-35(36)37)45-27-32(47-29(4)41)25-43-22-16-12-10-8-6-2/h13-14,17-20,23,31-32H,5-12,15-16,21-22,24-27H2,1-4H3. The zero-order valence-electron chi connectivity index (χ0n) is 28.7. The van der Waals surface area contributed by atoms with Crippen LogP contribution in [-0.4, -0.2) is 63.8 Å². The van der Waals surface area contributed by atoms with E-state index in [1.807, 2.05) is 36.4 Å². The third kappa shape index (κ3) is 13.5. The molecular weight excluding hydrogens is 620 g/mol. The number of carbonyl (C=O) groups is 2. The highest BCUT2D eigenvalue weighted by Crippen LogP contribution is 2.43. The largest absolute Gasteiger partial charge is 0.488 e. The summed E-state index contributed by atoms with van der Waals surface area (Å²) in [6, 6.07) is 13.3. The van der Waals surface area contributed by atoms with Crippen molar-refractivity contribution in [1.29, 1.82) is 0 Å². The lowest BCUT2D eigenvalue weighted by atomic mass is 10.0. The van der Waals surface area contributed by atoms with Crippen molar-refractivity contribution in [1.82, 2.24) is 0 Å². The maximum atomic E-state index is 11.9. The summed E-state index contributed by atoms with van der Waals surface area (Å²) in [5, 5.41) is 3.70. The Hall–Kier alpha value is -3.07. The molecule has 2 unspecified atom stereocenters. The molecule has 0 radical (unpaired) electrons. The SMILES string of the molecule is CCCCCCCOCC(COc1c2ccccc2c(OCC(COCCCCCCC)OC(C)=O)c2cc(Cl)ccc12)OC(C)=O. The van der Waals surface area contributed by atoms with E-state index in [9.17, 15) is 9.59 Å².